The third-order valence-electron chi connectivity index (χ3n) is 4.57. The number of nitrogens with two attached hydrogens (primary N) is 1. The molecule has 0 fully saturated rings. The Morgan fingerprint density at radius 1 is 0.846 bits per heavy atom. The Balaban J connectivity index is 1.86. The molecule has 0 unspecified atom stereocenters. The minimum atomic E-state index is 0.144. The van der Waals surface area contributed by atoms with Crippen molar-refractivity contribution in [2.45, 2.75) is 26.2 Å². The van der Waals surface area contributed by atoms with Crippen molar-refractivity contribution >= 4 is 30.2 Å². The fourth-order valence-electron chi connectivity index (χ4n) is 2.89. The van der Waals surface area contributed by atoms with Crippen LogP contribution in [0, 0.1) is 0 Å². The lowest BCUT2D eigenvalue weighted by Gasteiger charge is -2.19. The summed E-state index contributed by atoms with van der Waals surface area (Å²) < 4.78 is 0. The largest absolute Gasteiger partial charge is 0.399 e. The monoisotopic (exact) mass is 340 g/mol. The van der Waals surface area contributed by atoms with E-state index >= 15 is 0 Å². The molecule has 3 aromatic carbocycles. The summed E-state index contributed by atoms with van der Waals surface area (Å²) >= 11 is 0. The first-order chi connectivity index (χ1) is 12.4. The van der Waals surface area contributed by atoms with Crippen LogP contribution < -0.4 is 16.7 Å². The summed E-state index contributed by atoms with van der Waals surface area (Å²) in [6.45, 7) is 6.63. The molecule has 26 heavy (non-hydrogen) atoms. The molecule has 2 N–H and O–H groups in total. The van der Waals surface area contributed by atoms with Gasteiger partial charge in [-0.3, -0.25) is 4.79 Å². The van der Waals surface area contributed by atoms with E-state index in [2.05, 4.69) is 58.4 Å². The first kappa shape index (κ1) is 18.0. The van der Waals surface area contributed by atoms with Crippen molar-refractivity contribution in [1.82, 2.24) is 0 Å². The summed E-state index contributed by atoms with van der Waals surface area (Å²) in [5.74, 6) is 0. The van der Waals surface area contributed by atoms with E-state index in [4.69, 9.17) is 5.73 Å². The Hall–Kier alpha value is -2.81. The van der Waals surface area contributed by atoms with Crippen molar-refractivity contribution in [3.8, 4) is 11.1 Å². The van der Waals surface area contributed by atoms with Crippen molar-refractivity contribution in [2.24, 2.45) is 0 Å². The predicted molar refractivity (Wildman–Crippen MR) is 112 cm³/mol. The van der Waals surface area contributed by atoms with Crippen molar-refractivity contribution < 1.29 is 4.79 Å². The van der Waals surface area contributed by atoms with Gasteiger partial charge in [0.05, 0.1) is 0 Å². The second-order valence-corrected chi connectivity index (χ2v) is 7.60. The molecule has 0 amide bonds. The van der Waals surface area contributed by atoms with E-state index in [0.29, 0.717) is 5.56 Å². The van der Waals surface area contributed by atoms with Crippen molar-refractivity contribution in [2.75, 3.05) is 5.73 Å². The zero-order valence-corrected chi connectivity index (χ0v) is 15.5. The molecule has 0 spiro atoms. The maximum Gasteiger partial charge on any atom is 0.194 e. The third kappa shape index (κ3) is 4.05. The first-order valence-corrected chi connectivity index (χ1v) is 8.77. The van der Waals surface area contributed by atoms with Crippen LogP contribution >= 0.6 is 0 Å². The van der Waals surface area contributed by atoms with Gasteiger partial charge in [0.2, 0.25) is 0 Å². The van der Waals surface area contributed by atoms with E-state index < -0.39 is 0 Å². The van der Waals surface area contributed by atoms with Crippen LogP contribution in [0.4, 0.5) is 5.69 Å². The summed E-state index contributed by atoms with van der Waals surface area (Å²) in [6, 6.07) is 22.2. The quantitative estimate of drug-likeness (QED) is 0.447. The Kier molecular flexibility index (Phi) is 4.99. The Morgan fingerprint density at radius 3 is 2.04 bits per heavy atom. The van der Waals surface area contributed by atoms with Gasteiger partial charge in [-0.2, -0.15) is 0 Å². The fraction of sp³-hybridized carbons (Fsp3) is 0.174. The third-order valence-corrected chi connectivity index (χ3v) is 4.57. The lowest BCUT2D eigenvalue weighted by molar-refractivity contribution is 0.112. The van der Waals surface area contributed by atoms with Crippen LogP contribution in [0.15, 0.2) is 66.7 Å². The van der Waals surface area contributed by atoms with Crippen LogP contribution in [0.1, 0.15) is 36.7 Å². The summed E-state index contributed by atoms with van der Waals surface area (Å²) in [5, 5.41) is 0. The van der Waals surface area contributed by atoms with Crippen molar-refractivity contribution in [3.05, 3.63) is 77.9 Å². The van der Waals surface area contributed by atoms with Gasteiger partial charge in [0.15, 0.2) is 7.28 Å². The summed E-state index contributed by atoms with van der Waals surface area (Å²) in [5.41, 5.74) is 13.3. The molecule has 0 aliphatic carbocycles. The highest BCUT2D eigenvalue weighted by Crippen LogP contribution is 2.21. The molecule has 3 aromatic rings. The van der Waals surface area contributed by atoms with Crippen LogP contribution in [0.5, 0.6) is 0 Å². The molecule has 1 radical (unpaired) electrons. The van der Waals surface area contributed by atoms with Gasteiger partial charge in [0, 0.05) is 11.3 Å². The van der Waals surface area contributed by atoms with Gasteiger partial charge in [0.25, 0.3) is 0 Å². The van der Waals surface area contributed by atoms with Crippen LogP contribution in [0.25, 0.3) is 11.1 Å². The standard InChI is InChI=1S/C23H23BNO/c1-23(2,3)19-9-11-20(12-10-19)24-21-14-18(8-13-22(21)25)17-6-4-16(15-26)5-7-17/h4-15H,25H2,1-3H3. The minimum absolute atomic E-state index is 0.144. The maximum absolute atomic E-state index is 10.8. The first-order valence-electron chi connectivity index (χ1n) is 8.77. The summed E-state index contributed by atoms with van der Waals surface area (Å²) in [6.07, 6.45) is 0.854. The zero-order chi connectivity index (χ0) is 18.7. The molecule has 3 heteroatoms. The Morgan fingerprint density at radius 2 is 1.46 bits per heavy atom. The van der Waals surface area contributed by atoms with Gasteiger partial charge in [-0.05, 0) is 28.2 Å². The molecule has 0 aromatic heterocycles. The lowest BCUT2D eigenvalue weighted by atomic mass is 9.62. The molecule has 0 aliphatic rings. The molecular weight excluding hydrogens is 317 g/mol. The highest BCUT2D eigenvalue weighted by molar-refractivity contribution is 6.68. The second kappa shape index (κ2) is 7.21. The number of carbonyl (C=O) groups excluding carboxylic acids is 1. The molecule has 0 aliphatic heterocycles. The van der Waals surface area contributed by atoms with Crippen LogP contribution in [-0.4, -0.2) is 13.6 Å². The van der Waals surface area contributed by atoms with Gasteiger partial charge < -0.3 is 5.73 Å². The highest BCUT2D eigenvalue weighted by atomic mass is 16.1. The van der Waals surface area contributed by atoms with Gasteiger partial charge in [-0.1, -0.05) is 92.4 Å². The van der Waals surface area contributed by atoms with Gasteiger partial charge in [-0.15, -0.1) is 0 Å². The van der Waals surface area contributed by atoms with E-state index in [1.54, 1.807) is 0 Å². The van der Waals surface area contributed by atoms with E-state index in [9.17, 15) is 4.79 Å². The molecule has 0 saturated carbocycles. The van der Waals surface area contributed by atoms with Crippen LogP contribution in [0.3, 0.4) is 0 Å². The number of rotatable bonds is 4. The molecular formula is C23H23BNO. The number of hydrogen-bond acceptors (Lipinski definition) is 2. The summed E-state index contributed by atoms with van der Waals surface area (Å²) in [7, 11) is 2.10. The zero-order valence-electron chi connectivity index (χ0n) is 15.5. The average Bonchev–Trinajstić information content (AvgIpc) is 2.63. The molecule has 0 bridgehead atoms. The number of hydrogen-bond donors (Lipinski definition) is 1. The Bertz CT molecular complexity index is 906. The predicted octanol–water partition coefficient (Wildman–Crippen LogP) is 3.70. The fourth-order valence-corrected chi connectivity index (χ4v) is 2.89. The smallest absolute Gasteiger partial charge is 0.194 e. The normalized spacial score (nSPS) is 11.2. The second-order valence-electron chi connectivity index (χ2n) is 7.60. The number of carbonyl (C=O) groups is 1. The van der Waals surface area contributed by atoms with E-state index in [-0.39, 0.29) is 5.41 Å². The van der Waals surface area contributed by atoms with Crippen LogP contribution in [-0.2, 0) is 5.41 Å². The van der Waals surface area contributed by atoms with E-state index in [0.717, 1.165) is 34.0 Å². The van der Waals surface area contributed by atoms with E-state index in [1.165, 1.54) is 5.56 Å². The van der Waals surface area contributed by atoms with Gasteiger partial charge >= 0.3 is 0 Å². The highest BCUT2D eigenvalue weighted by Gasteiger charge is 2.13. The SMILES string of the molecule is CC(C)(C)c1ccc([B]c2cc(-c3ccc(C=O)cc3)ccc2N)cc1. The number of nitrogen functional groups attached to an aromatic ring is 1. The molecule has 0 heterocycles. The number of benzene rings is 3. The molecule has 2 nitrogen and oxygen atoms in total. The minimum Gasteiger partial charge on any atom is -0.399 e. The van der Waals surface area contributed by atoms with E-state index in [1.807, 2.05) is 36.4 Å². The summed E-state index contributed by atoms with van der Waals surface area (Å²) in [4.78, 5) is 10.8. The van der Waals surface area contributed by atoms with Gasteiger partial charge in [-0.25, -0.2) is 0 Å². The van der Waals surface area contributed by atoms with Gasteiger partial charge in [0.1, 0.15) is 6.29 Å². The van der Waals surface area contributed by atoms with Crippen LogP contribution in [0.2, 0.25) is 0 Å². The average molecular weight is 340 g/mol. The molecule has 0 saturated heterocycles. The molecule has 129 valence electrons. The topological polar surface area (TPSA) is 43.1 Å². The van der Waals surface area contributed by atoms with Crippen molar-refractivity contribution in [3.63, 3.8) is 0 Å². The maximum atomic E-state index is 10.8. The lowest BCUT2D eigenvalue weighted by Crippen LogP contribution is -2.29. The molecule has 3 rings (SSSR count). The Labute approximate surface area is 156 Å². The number of anilines is 1. The number of aldehydes is 1. The molecule has 0 atom stereocenters. The van der Waals surface area contributed by atoms with Crippen molar-refractivity contribution in [1.29, 1.82) is 0 Å².